The number of carboxylic acids is 1. The van der Waals surface area contributed by atoms with E-state index in [2.05, 4.69) is 5.32 Å². The van der Waals surface area contributed by atoms with Gasteiger partial charge in [0.15, 0.2) is 12.6 Å². The summed E-state index contributed by atoms with van der Waals surface area (Å²) in [7, 11) is 0. The minimum atomic E-state index is -3.05. The number of aliphatic hydroxyl groups excluding tert-OH is 11. The summed E-state index contributed by atoms with van der Waals surface area (Å²) < 4.78 is 27.1. The first kappa shape index (κ1) is 35.8. The molecule has 0 spiro atoms. The van der Waals surface area contributed by atoms with Gasteiger partial charge >= 0.3 is 5.97 Å². The Bertz CT molecular complexity index is 942. The highest BCUT2D eigenvalue weighted by Gasteiger charge is 2.60. The van der Waals surface area contributed by atoms with Gasteiger partial charge in [-0.05, 0) is 0 Å². The third-order valence-electron chi connectivity index (χ3n) is 7.47. The molecule has 20 nitrogen and oxygen atoms in total. The molecule has 0 saturated carbocycles. The Morgan fingerprint density at radius 3 is 2.07 bits per heavy atom. The lowest BCUT2D eigenvalue weighted by molar-refractivity contribution is -0.390. The summed E-state index contributed by atoms with van der Waals surface area (Å²) in [6, 6.07) is -1.55. The van der Waals surface area contributed by atoms with Crippen LogP contribution >= 0.6 is 0 Å². The van der Waals surface area contributed by atoms with E-state index in [9.17, 15) is 70.9 Å². The van der Waals surface area contributed by atoms with E-state index in [-0.39, 0.29) is 0 Å². The van der Waals surface area contributed by atoms with Crippen LogP contribution in [0.15, 0.2) is 0 Å². The molecular weight excluding hydrogens is 594 g/mol. The fourth-order valence-electron chi connectivity index (χ4n) is 5.16. The summed E-state index contributed by atoms with van der Waals surface area (Å²) in [5, 5.41) is 124. The predicted octanol–water partition coefficient (Wildman–Crippen LogP) is -8.22. The van der Waals surface area contributed by atoms with Gasteiger partial charge in [0, 0.05) is 13.3 Å². The van der Waals surface area contributed by atoms with Gasteiger partial charge in [0.1, 0.15) is 67.1 Å². The van der Waals surface area contributed by atoms with Crippen molar-refractivity contribution in [3.05, 3.63) is 0 Å². The zero-order valence-electron chi connectivity index (χ0n) is 22.7. The van der Waals surface area contributed by atoms with Crippen molar-refractivity contribution < 1.29 is 94.6 Å². The largest absolute Gasteiger partial charge is 0.477 e. The van der Waals surface area contributed by atoms with Gasteiger partial charge in [0.25, 0.3) is 5.79 Å². The summed E-state index contributed by atoms with van der Waals surface area (Å²) in [6.07, 6.45) is -28.1. The SMILES string of the molecule is CC(=O)NC1C(O)CC(OC2C(O)C(O)OC(CO)C2OC2OC(CO)C(O)C(O)C2O)(C(=O)O)OC1C(O)C(O)CO. The van der Waals surface area contributed by atoms with Crippen molar-refractivity contribution in [2.75, 3.05) is 19.8 Å². The van der Waals surface area contributed by atoms with E-state index in [4.69, 9.17) is 23.7 Å². The normalized spacial score (nSPS) is 45.3. The van der Waals surface area contributed by atoms with E-state index in [0.29, 0.717) is 0 Å². The number of nitrogens with one attached hydrogen (secondary N) is 1. The third-order valence-corrected chi connectivity index (χ3v) is 7.47. The maximum Gasteiger partial charge on any atom is 0.364 e. The first-order chi connectivity index (χ1) is 20.1. The maximum atomic E-state index is 12.6. The van der Waals surface area contributed by atoms with E-state index in [1.54, 1.807) is 0 Å². The van der Waals surface area contributed by atoms with Crippen LogP contribution in [0.1, 0.15) is 13.3 Å². The second kappa shape index (κ2) is 14.6. The van der Waals surface area contributed by atoms with Gasteiger partial charge in [-0.3, -0.25) is 4.79 Å². The van der Waals surface area contributed by atoms with Crippen molar-refractivity contribution >= 4 is 11.9 Å². The van der Waals surface area contributed by atoms with Gasteiger partial charge in [-0.1, -0.05) is 0 Å². The molecule has 250 valence electrons. The molecule has 0 aromatic rings. The molecule has 1 amide bonds. The second-order valence-electron chi connectivity index (χ2n) is 10.5. The summed E-state index contributed by atoms with van der Waals surface area (Å²) in [5.74, 6) is -5.78. The first-order valence-corrected chi connectivity index (χ1v) is 13.2. The molecule has 0 radical (unpaired) electrons. The summed E-state index contributed by atoms with van der Waals surface area (Å²) in [4.78, 5) is 24.4. The van der Waals surface area contributed by atoms with Crippen molar-refractivity contribution in [3.63, 3.8) is 0 Å². The Labute approximate surface area is 243 Å². The molecule has 3 fully saturated rings. The van der Waals surface area contributed by atoms with Crippen molar-refractivity contribution in [1.82, 2.24) is 5.32 Å². The van der Waals surface area contributed by atoms with E-state index in [1.165, 1.54) is 0 Å². The van der Waals surface area contributed by atoms with Crippen LogP contribution in [0, 0.1) is 0 Å². The molecule has 3 heterocycles. The monoisotopic (exact) mass is 633 g/mol. The number of aliphatic hydroxyl groups is 11. The number of aliphatic carboxylic acids is 1. The van der Waals surface area contributed by atoms with Crippen LogP contribution in [-0.2, 0) is 33.3 Å². The minimum absolute atomic E-state index is 0.756. The van der Waals surface area contributed by atoms with Gasteiger partial charge < -0.3 is 90.3 Å². The van der Waals surface area contributed by atoms with Crippen LogP contribution < -0.4 is 5.32 Å². The highest BCUT2D eigenvalue weighted by atomic mass is 16.8. The fourth-order valence-corrected chi connectivity index (χ4v) is 5.16. The molecule has 3 aliphatic rings. The Morgan fingerprint density at radius 2 is 1.53 bits per heavy atom. The van der Waals surface area contributed by atoms with Crippen LogP contribution in [0.4, 0.5) is 0 Å². The van der Waals surface area contributed by atoms with Crippen LogP contribution in [0.5, 0.6) is 0 Å². The first-order valence-electron chi connectivity index (χ1n) is 13.2. The van der Waals surface area contributed by atoms with Gasteiger partial charge in [-0.15, -0.1) is 0 Å². The lowest BCUT2D eigenvalue weighted by Gasteiger charge is -2.51. The quantitative estimate of drug-likeness (QED) is 0.100. The van der Waals surface area contributed by atoms with E-state index in [0.717, 1.165) is 6.92 Å². The van der Waals surface area contributed by atoms with E-state index >= 15 is 0 Å². The van der Waals surface area contributed by atoms with Crippen LogP contribution in [0.2, 0.25) is 0 Å². The lowest BCUT2D eigenvalue weighted by Crippen LogP contribution is -2.71. The van der Waals surface area contributed by atoms with Crippen LogP contribution in [0.3, 0.4) is 0 Å². The van der Waals surface area contributed by atoms with Crippen molar-refractivity contribution in [1.29, 1.82) is 0 Å². The number of carbonyl (C=O) groups excluding carboxylic acids is 1. The Morgan fingerprint density at radius 1 is 0.907 bits per heavy atom. The van der Waals surface area contributed by atoms with Gasteiger partial charge in [0.05, 0.1) is 32.0 Å². The molecule has 3 saturated heterocycles. The Hall–Kier alpha value is -1.70. The fraction of sp³-hybridized carbons (Fsp3) is 0.913. The summed E-state index contributed by atoms with van der Waals surface area (Å²) in [5.41, 5.74) is 0. The molecule has 0 aromatic carbocycles. The molecule has 0 bridgehead atoms. The summed E-state index contributed by atoms with van der Waals surface area (Å²) in [6.45, 7) is -1.86. The molecule has 16 unspecified atom stereocenters. The van der Waals surface area contributed by atoms with Crippen LogP contribution in [0.25, 0.3) is 0 Å². The average Bonchev–Trinajstić information content (AvgIpc) is 2.96. The van der Waals surface area contributed by atoms with Crippen molar-refractivity contribution in [2.45, 2.75) is 111 Å². The molecule has 13 N–H and O–H groups in total. The minimum Gasteiger partial charge on any atom is -0.477 e. The van der Waals surface area contributed by atoms with Crippen LogP contribution in [-0.4, -0.2) is 191 Å². The smallest absolute Gasteiger partial charge is 0.364 e. The van der Waals surface area contributed by atoms with Crippen molar-refractivity contribution in [3.8, 4) is 0 Å². The highest BCUT2D eigenvalue weighted by molar-refractivity contribution is 5.76. The number of carbonyl (C=O) groups is 2. The number of amides is 1. The number of rotatable bonds is 11. The molecule has 0 aliphatic carbocycles. The van der Waals surface area contributed by atoms with Gasteiger partial charge in [-0.25, -0.2) is 4.79 Å². The van der Waals surface area contributed by atoms with Crippen molar-refractivity contribution in [2.24, 2.45) is 0 Å². The highest BCUT2D eigenvalue weighted by Crippen LogP contribution is 2.38. The Balaban J connectivity index is 2.01. The van der Waals surface area contributed by atoms with E-state index in [1.807, 2.05) is 0 Å². The molecule has 20 heteroatoms. The second-order valence-corrected chi connectivity index (χ2v) is 10.5. The molecule has 3 rings (SSSR count). The molecule has 43 heavy (non-hydrogen) atoms. The maximum absolute atomic E-state index is 12.6. The predicted molar refractivity (Wildman–Crippen MR) is 130 cm³/mol. The molecular formula is C23H39NO19. The zero-order valence-corrected chi connectivity index (χ0v) is 22.7. The van der Waals surface area contributed by atoms with Gasteiger partial charge in [-0.2, -0.15) is 0 Å². The average molecular weight is 634 g/mol. The standard InChI is InChI=1S/C23H39NO19/c1-6(28)24-11-7(29)2-23(22(37)38,42-18(11)12(31)8(30)3-25)43-19-16(35)20(36)39-10(5-27)17(19)41-21-15(34)14(33)13(32)9(4-26)40-21/h7-21,25-27,29-36H,2-5H2,1H3,(H,24,28)(H,37,38). The third kappa shape index (κ3) is 7.41. The van der Waals surface area contributed by atoms with Gasteiger partial charge in [0.2, 0.25) is 5.91 Å². The number of carboxylic acid groups (broad SMARTS) is 1. The van der Waals surface area contributed by atoms with E-state index < -0.39 is 136 Å². The Kier molecular flexibility index (Phi) is 12.1. The summed E-state index contributed by atoms with van der Waals surface area (Å²) >= 11 is 0. The molecule has 3 aliphatic heterocycles. The number of hydrogen-bond donors (Lipinski definition) is 13. The number of hydrogen-bond acceptors (Lipinski definition) is 18. The zero-order chi connectivity index (χ0) is 32.4. The topological polar surface area (TPSA) is 335 Å². The molecule has 16 atom stereocenters. The lowest BCUT2D eigenvalue weighted by atomic mass is 9.88. The number of ether oxygens (including phenoxy) is 5. The molecule has 0 aromatic heterocycles.